The minimum atomic E-state index is 0. The van der Waals surface area contributed by atoms with Crippen molar-refractivity contribution in [1.82, 2.24) is 10.2 Å². The Balaban J connectivity index is 0.00000144. The van der Waals surface area contributed by atoms with Crippen molar-refractivity contribution in [3.63, 3.8) is 0 Å². The second kappa shape index (κ2) is 6.57. The molecule has 3 unspecified atom stereocenters. The van der Waals surface area contributed by atoms with Gasteiger partial charge in [-0.05, 0) is 33.2 Å². The van der Waals surface area contributed by atoms with Gasteiger partial charge in [-0.25, -0.2) is 0 Å². The second-order valence-corrected chi connectivity index (χ2v) is 5.05. The van der Waals surface area contributed by atoms with E-state index < -0.39 is 0 Å². The molecule has 2 rings (SSSR count). The van der Waals surface area contributed by atoms with Gasteiger partial charge < -0.3 is 15.0 Å². The first kappa shape index (κ1) is 14.7. The Bertz CT molecular complexity index is 247. The Morgan fingerprint density at radius 2 is 2.00 bits per heavy atom. The molecule has 2 fully saturated rings. The van der Waals surface area contributed by atoms with Crippen molar-refractivity contribution in [3.05, 3.63) is 0 Å². The monoisotopic (exact) mass is 262 g/mol. The van der Waals surface area contributed by atoms with Gasteiger partial charge in [0.2, 0.25) is 5.91 Å². The summed E-state index contributed by atoms with van der Waals surface area (Å²) in [6.07, 6.45) is 3.34. The molecule has 2 aliphatic rings. The van der Waals surface area contributed by atoms with Crippen molar-refractivity contribution in [1.29, 1.82) is 0 Å². The van der Waals surface area contributed by atoms with Crippen LogP contribution in [0.3, 0.4) is 0 Å². The van der Waals surface area contributed by atoms with Crippen LogP contribution >= 0.6 is 12.4 Å². The number of rotatable bonds is 2. The largest absolute Gasteiger partial charge is 0.372 e. The number of amides is 1. The van der Waals surface area contributed by atoms with Crippen LogP contribution in [0.2, 0.25) is 0 Å². The first-order valence-corrected chi connectivity index (χ1v) is 6.32. The van der Waals surface area contributed by atoms with Crippen molar-refractivity contribution in [2.24, 2.45) is 0 Å². The smallest absolute Gasteiger partial charge is 0.224 e. The maximum Gasteiger partial charge on any atom is 0.224 e. The molecule has 0 aromatic carbocycles. The van der Waals surface area contributed by atoms with Crippen LogP contribution in [-0.2, 0) is 9.53 Å². The molecular formula is C12H23ClN2O2. The molecule has 4 nitrogen and oxygen atoms in total. The summed E-state index contributed by atoms with van der Waals surface area (Å²) in [6, 6.07) is 0.404. The molecule has 2 heterocycles. The van der Waals surface area contributed by atoms with E-state index in [0.717, 1.165) is 26.1 Å². The lowest BCUT2D eigenvalue weighted by Crippen LogP contribution is -2.49. The predicted octanol–water partition coefficient (Wildman–Crippen LogP) is 1.19. The van der Waals surface area contributed by atoms with Gasteiger partial charge in [0.25, 0.3) is 0 Å². The average molecular weight is 263 g/mol. The van der Waals surface area contributed by atoms with E-state index >= 15 is 0 Å². The quantitative estimate of drug-likeness (QED) is 0.813. The van der Waals surface area contributed by atoms with E-state index in [0.29, 0.717) is 12.5 Å². The SMILES string of the molecule is CC1CN(C(=O)CC2CCCN2)CC(C)O1.Cl. The number of nitrogens with zero attached hydrogens (tertiary/aromatic N) is 1. The van der Waals surface area contributed by atoms with E-state index in [9.17, 15) is 4.79 Å². The van der Waals surface area contributed by atoms with Crippen LogP contribution in [0.5, 0.6) is 0 Å². The molecule has 2 aliphatic heterocycles. The summed E-state index contributed by atoms with van der Waals surface area (Å²) in [6.45, 7) is 6.62. The van der Waals surface area contributed by atoms with Gasteiger partial charge in [-0.2, -0.15) is 0 Å². The Morgan fingerprint density at radius 1 is 1.35 bits per heavy atom. The van der Waals surface area contributed by atoms with Gasteiger partial charge >= 0.3 is 0 Å². The summed E-state index contributed by atoms with van der Waals surface area (Å²) >= 11 is 0. The molecule has 0 aliphatic carbocycles. The van der Waals surface area contributed by atoms with Gasteiger partial charge in [-0.1, -0.05) is 0 Å². The Hall–Kier alpha value is -0.320. The minimum absolute atomic E-state index is 0. The van der Waals surface area contributed by atoms with E-state index in [-0.39, 0.29) is 30.5 Å². The molecule has 0 bridgehead atoms. The topological polar surface area (TPSA) is 41.6 Å². The standard InChI is InChI=1S/C12H22N2O2.ClH/c1-9-7-14(8-10(2)16-9)12(15)6-11-4-3-5-13-11;/h9-11,13H,3-8H2,1-2H3;1H. The van der Waals surface area contributed by atoms with Crippen LogP contribution in [0.4, 0.5) is 0 Å². The summed E-state index contributed by atoms with van der Waals surface area (Å²) in [7, 11) is 0. The predicted molar refractivity (Wildman–Crippen MR) is 69.5 cm³/mol. The summed E-state index contributed by atoms with van der Waals surface area (Å²) < 4.78 is 5.63. The van der Waals surface area contributed by atoms with Crippen molar-refractivity contribution in [3.8, 4) is 0 Å². The van der Waals surface area contributed by atoms with Crippen molar-refractivity contribution in [2.75, 3.05) is 19.6 Å². The Labute approximate surface area is 109 Å². The number of morpholine rings is 1. The number of carbonyl (C=O) groups excluding carboxylic acids is 1. The van der Waals surface area contributed by atoms with E-state index in [4.69, 9.17) is 4.74 Å². The molecular weight excluding hydrogens is 240 g/mol. The zero-order chi connectivity index (χ0) is 11.5. The lowest BCUT2D eigenvalue weighted by atomic mass is 10.1. The highest BCUT2D eigenvalue weighted by Crippen LogP contribution is 2.15. The number of nitrogens with one attached hydrogen (secondary N) is 1. The molecule has 0 aromatic heterocycles. The fraction of sp³-hybridized carbons (Fsp3) is 0.917. The summed E-state index contributed by atoms with van der Waals surface area (Å²) in [5, 5.41) is 3.37. The van der Waals surface area contributed by atoms with Crippen LogP contribution < -0.4 is 5.32 Å². The van der Waals surface area contributed by atoms with Crippen molar-refractivity contribution < 1.29 is 9.53 Å². The van der Waals surface area contributed by atoms with Crippen LogP contribution in [0, 0.1) is 0 Å². The fourth-order valence-electron chi connectivity index (χ4n) is 2.65. The number of hydrogen-bond acceptors (Lipinski definition) is 3. The van der Waals surface area contributed by atoms with Gasteiger partial charge in [-0.3, -0.25) is 4.79 Å². The summed E-state index contributed by atoms with van der Waals surface area (Å²) in [5.74, 6) is 0.279. The lowest BCUT2D eigenvalue weighted by molar-refractivity contribution is -0.143. The number of halogens is 1. The summed E-state index contributed by atoms with van der Waals surface area (Å²) in [4.78, 5) is 14.0. The molecule has 0 aromatic rings. The van der Waals surface area contributed by atoms with Crippen LogP contribution in [0.15, 0.2) is 0 Å². The van der Waals surface area contributed by atoms with Gasteiger partial charge in [0.15, 0.2) is 0 Å². The molecule has 2 saturated heterocycles. The van der Waals surface area contributed by atoms with E-state index in [1.54, 1.807) is 0 Å². The third-order valence-electron chi connectivity index (χ3n) is 3.36. The van der Waals surface area contributed by atoms with Gasteiger partial charge in [-0.15, -0.1) is 12.4 Å². The highest BCUT2D eigenvalue weighted by atomic mass is 35.5. The van der Waals surface area contributed by atoms with E-state index in [1.807, 2.05) is 18.7 Å². The first-order valence-electron chi connectivity index (χ1n) is 6.32. The van der Waals surface area contributed by atoms with Gasteiger partial charge in [0.1, 0.15) is 0 Å². The molecule has 1 N–H and O–H groups in total. The Kier molecular flexibility index (Phi) is 5.70. The maximum atomic E-state index is 12.1. The third-order valence-corrected chi connectivity index (χ3v) is 3.36. The molecule has 100 valence electrons. The number of ether oxygens (including phenoxy) is 1. The van der Waals surface area contributed by atoms with E-state index in [1.165, 1.54) is 6.42 Å². The zero-order valence-corrected chi connectivity index (χ0v) is 11.5. The van der Waals surface area contributed by atoms with E-state index in [2.05, 4.69) is 5.32 Å². The first-order chi connectivity index (χ1) is 7.65. The molecule has 17 heavy (non-hydrogen) atoms. The summed E-state index contributed by atoms with van der Waals surface area (Å²) in [5.41, 5.74) is 0. The molecule has 0 saturated carbocycles. The number of carbonyl (C=O) groups is 1. The highest BCUT2D eigenvalue weighted by molar-refractivity contribution is 5.85. The Morgan fingerprint density at radius 3 is 2.53 bits per heavy atom. The third kappa shape index (κ3) is 4.12. The van der Waals surface area contributed by atoms with Crippen LogP contribution in [0.25, 0.3) is 0 Å². The average Bonchev–Trinajstić information content (AvgIpc) is 2.68. The van der Waals surface area contributed by atoms with Crippen LogP contribution in [0.1, 0.15) is 33.1 Å². The minimum Gasteiger partial charge on any atom is -0.372 e. The zero-order valence-electron chi connectivity index (χ0n) is 10.6. The fourth-order valence-corrected chi connectivity index (χ4v) is 2.65. The highest BCUT2D eigenvalue weighted by Gasteiger charge is 2.27. The van der Waals surface area contributed by atoms with Crippen molar-refractivity contribution in [2.45, 2.75) is 51.4 Å². The molecule has 0 radical (unpaired) electrons. The normalized spacial score (nSPS) is 33.3. The second-order valence-electron chi connectivity index (χ2n) is 5.05. The lowest BCUT2D eigenvalue weighted by Gasteiger charge is -2.35. The van der Waals surface area contributed by atoms with Gasteiger partial charge in [0, 0.05) is 25.6 Å². The van der Waals surface area contributed by atoms with Crippen molar-refractivity contribution >= 4 is 18.3 Å². The number of hydrogen-bond donors (Lipinski definition) is 1. The molecule has 1 amide bonds. The van der Waals surface area contributed by atoms with Crippen LogP contribution in [-0.4, -0.2) is 48.7 Å². The molecule has 0 spiro atoms. The molecule has 3 atom stereocenters. The molecule has 5 heteroatoms. The maximum absolute atomic E-state index is 12.1. The van der Waals surface area contributed by atoms with Gasteiger partial charge in [0.05, 0.1) is 12.2 Å².